The van der Waals surface area contributed by atoms with Gasteiger partial charge in [-0.3, -0.25) is 10.1 Å². The Labute approximate surface area is 100 Å². The molecule has 0 radical (unpaired) electrons. The minimum Gasteiger partial charge on any atom is -0.368 e. The molecule has 1 saturated carbocycles. The van der Waals surface area contributed by atoms with E-state index in [1.807, 2.05) is 6.92 Å². The molecular weight excluding hydrogens is 219 g/mol. The van der Waals surface area contributed by atoms with Crippen molar-refractivity contribution in [2.75, 3.05) is 0 Å². The van der Waals surface area contributed by atoms with E-state index in [0.29, 0.717) is 18.0 Å². The summed E-state index contributed by atoms with van der Waals surface area (Å²) in [5.74, 6) is -0.795. The maximum atomic E-state index is 13.3. The number of nitrogens with two attached hydrogens (primary N) is 1. The molecule has 1 aromatic rings. The normalized spacial score (nSPS) is 18.7. The Kier molecular flexibility index (Phi) is 3.15. The minimum absolute atomic E-state index is 0.325. The lowest BCUT2D eigenvalue weighted by Gasteiger charge is -2.31. The molecule has 1 fully saturated rings. The van der Waals surface area contributed by atoms with Crippen LogP contribution < -0.4 is 11.1 Å². The van der Waals surface area contributed by atoms with Crippen molar-refractivity contribution in [3.8, 4) is 0 Å². The fourth-order valence-corrected chi connectivity index (χ4v) is 2.11. The molecule has 1 aliphatic rings. The molecule has 0 aliphatic heterocycles. The molecule has 4 heteroatoms. The first kappa shape index (κ1) is 12.0. The number of primary amides is 1. The van der Waals surface area contributed by atoms with Gasteiger partial charge in [0.1, 0.15) is 11.4 Å². The summed E-state index contributed by atoms with van der Waals surface area (Å²) in [5, 5.41) is 3.26. The van der Waals surface area contributed by atoms with Gasteiger partial charge >= 0.3 is 0 Å². The van der Waals surface area contributed by atoms with Crippen molar-refractivity contribution < 1.29 is 9.18 Å². The molecule has 0 aromatic heterocycles. The highest BCUT2D eigenvalue weighted by molar-refractivity contribution is 5.86. The van der Waals surface area contributed by atoms with Crippen LogP contribution in [0, 0.1) is 5.82 Å². The highest BCUT2D eigenvalue weighted by atomic mass is 19.1. The predicted octanol–water partition coefficient (Wildman–Crippen LogP) is 1.67. The Hall–Kier alpha value is -1.42. The van der Waals surface area contributed by atoms with Crippen LogP contribution in [0.15, 0.2) is 24.3 Å². The summed E-state index contributed by atoms with van der Waals surface area (Å²) in [6.07, 6.45) is 2.61. The number of hydrogen-bond donors (Lipinski definition) is 2. The summed E-state index contributed by atoms with van der Waals surface area (Å²) < 4.78 is 13.3. The van der Waals surface area contributed by atoms with Gasteiger partial charge in [-0.15, -0.1) is 0 Å². The average Bonchev–Trinajstić information content (AvgIpc) is 3.09. The summed E-state index contributed by atoms with van der Waals surface area (Å²) in [6, 6.07) is 6.41. The largest absolute Gasteiger partial charge is 0.368 e. The molecule has 0 saturated heterocycles. The third kappa shape index (κ3) is 2.31. The van der Waals surface area contributed by atoms with Crippen molar-refractivity contribution in [2.24, 2.45) is 5.73 Å². The van der Waals surface area contributed by atoms with E-state index in [2.05, 4.69) is 5.32 Å². The Morgan fingerprint density at radius 1 is 1.59 bits per heavy atom. The standard InChI is InChI=1S/C13H17FN2O/c1-2-13(12(15)17,16-11-6-7-11)9-4-3-5-10(14)8-9/h3-5,8,11,16H,2,6-7H2,1H3,(H2,15,17). The zero-order valence-electron chi connectivity index (χ0n) is 9.87. The van der Waals surface area contributed by atoms with E-state index in [1.165, 1.54) is 12.1 Å². The molecule has 1 amide bonds. The van der Waals surface area contributed by atoms with Crippen LogP contribution >= 0.6 is 0 Å². The molecule has 92 valence electrons. The summed E-state index contributed by atoms with van der Waals surface area (Å²) in [7, 11) is 0. The lowest BCUT2D eigenvalue weighted by molar-refractivity contribution is -0.125. The van der Waals surface area contributed by atoms with E-state index in [4.69, 9.17) is 5.73 Å². The maximum absolute atomic E-state index is 13.3. The van der Waals surface area contributed by atoms with E-state index in [1.54, 1.807) is 12.1 Å². The molecule has 3 nitrogen and oxygen atoms in total. The van der Waals surface area contributed by atoms with E-state index in [0.717, 1.165) is 12.8 Å². The number of amides is 1. The zero-order chi connectivity index (χ0) is 12.5. The van der Waals surface area contributed by atoms with Gasteiger partial charge in [0.15, 0.2) is 0 Å². The molecule has 1 aliphatic carbocycles. The first-order valence-electron chi connectivity index (χ1n) is 5.92. The first-order valence-corrected chi connectivity index (χ1v) is 5.92. The van der Waals surface area contributed by atoms with Crippen LogP contribution in [-0.4, -0.2) is 11.9 Å². The second-order valence-corrected chi connectivity index (χ2v) is 4.55. The van der Waals surface area contributed by atoms with E-state index < -0.39 is 11.4 Å². The molecule has 1 aromatic carbocycles. The molecule has 0 bridgehead atoms. The van der Waals surface area contributed by atoms with Crippen molar-refractivity contribution >= 4 is 5.91 Å². The number of carbonyl (C=O) groups is 1. The summed E-state index contributed by atoms with van der Waals surface area (Å²) in [4.78, 5) is 11.8. The molecular formula is C13H17FN2O. The minimum atomic E-state index is -0.941. The monoisotopic (exact) mass is 236 g/mol. The Bertz CT molecular complexity index is 431. The van der Waals surface area contributed by atoms with Crippen LogP contribution in [-0.2, 0) is 10.3 Å². The smallest absolute Gasteiger partial charge is 0.242 e. The van der Waals surface area contributed by atoms with Crippen molar-refractivity contribution in [1.82, 2.24) is 5.32 Å². The lowest BCUT2D eigenvalue weighted by Crippen LogP contribution is -2.53. The van der Waals surface area contributed by atoms with Crippen LogP contribution in [0.4, 0.5) is 4.39 Å². The predicted molar refractivity (Wildman–Crippen MR) is 63.7 cm³/mol. The van der Waals surface area contributed by atoms with Gasteiger partial charge in [-0.25, -0.2) is 4.39 Å². The molecule has 1 atom stereocenters. The van der Waals surface area contributed by atoms with Crippen LogP contribution in [0.3, 0.4) is 0 Å². The van der Waals surface area contributed by atoms with Crippen LogP contribution in [0.1, 0.15) is 31.7 Å². The van der Waals surface area contributed by atoms with Crippen LogP contribution in [0.25, 0.3) is 0 Å². The summed E-state index contributed by atoms with van der Waals surface area (Å²) in [6.45, 7) is 1.88. The van der Waals surface area contributed by atoms with Gasteiger partial charge < -0.3 is 5.73 Å². The second-order valence-electron chi connectivity index (χ2n) is 4.55. The molecule has 3 N–H and O–H groups in total. The number of benzene rings is 1. The van der Waals surface area contributed by atoms with E-state index >= 15 is 0 Å². The highest BCUT2D eigenvalue weighted by Gasteiger charge is 2.41. The van der Waals surface area contributed by atoms with Crippen LogP contribution in [0.2, 0.25) is 0 Å². The topological polar surface area (TPSA) is 55.1 Å². The molecule has 2 rings (SSSR count). The quantitative estimate of drug-likeness (QED) is 0.817. The van der Waals surface area contributed by atoms with Crippen molar-refractivity contribution in [2.45, 2.75) is 37.8 Å². The van der Waals surface area contributed by atoms with Crippen molar-refractivity contribution in [3.05, 3.63) is 35.6 Å². The Morgan fingerprint density at radius 3 is 2.76 bits per heavy atom. The molecule has 0 spiro atoms. The van der Waals surface area contributed by atoms with E-state index in [-0.39, 0.29) is 5.82 Å². The lowest BCUT2D eigenvalue weighted by atomic mass is 9.86. The third-order valence-electron chi connectivity index (χ3n) is 3.30. The zero-order valence-corrected chi connectivity index (χ0v) is 9.87. The Morgan fingerprint density at radius 2 is 2.29 bits per heavy atom. The Balaban J connectivity index is 2.39. The number of halogens is 1. The van der Waals surface area contributed by atoms with Gasteiger partial charge in [0.25, 0.3) is 0 Å². The molecule has 0 heterocycles. The van der Waals surface area contributed by atoms with E-state index in [9.17, 15) is 9.18 Å². The van der Waals surface area contributed by atoms with Gasteiger partial charge in [0.2, 0.25) is 5.91 Å². The molecule has 17 heavy (non-hydrogen) atoms. The van der Waals surface area contributed by atoms with Gasteiger partial charge in [0.05, 0.1) is 0 Å². The SMILES string of the molecule is CCC(NC1CC1)(C(N)=O)c1cccc(F)c1. The highest BCUT2D eigenvalue weighted by Crippen LogP contribution is 2.31. The summed E-state index contributed by atoms with van der Waals surface area (Å²) in [5.41, 5.74) is 5.19. The fraction of sp³-hybridized carbons (Fsp3) is 0.462. The van der Waals surface area contributed by atoms with Crippen molar-refractivity contribution in [1.29, 1.82) is 0 Å². The number of carbonyl (C=O) groups excluding carboxylic acids is 1. The van der Waals surface area contributed by atoms with Gasteiger partial charge in [-0.2, -0.15) is 0 Å². The third-order valence-corrected chi connectivity index (χ3v) is 3.30. The number of hydrogen-bond acceptors (Lipinski definition) is 2. The van der Waals surface area contributed by atoms with Crippen molar-refractivity contribution in [3.63, 3.8) is 0 Å². The molecule has 1 unspecified atom stereocenters. The number of rotatable bonds is 5. The van der Waals surface area contributed by atoms with Gasteiger partial charge in [-0.05, 0) is 37.0 Å². The van der Waals surface area contributed by atoms with Gasteiger partial charge in [0, 0.05) is 6.04 Å². The van der Waals surface area contributed by atoms with Crippen LogP contribution in [0.5, 0.6) is 0 Å². The summed E-state index contributed by atoms with van der Waals surface area (Å²) >= 11 is 0. The average molecular weight is 236 g/mol. The second kappa shape index (κ2) is 4.45. The maximum Gasteiger partial charge on any atom is 0.242 e. The fourth-order valence-electron chi connectivity index (χ4n) is 2.11. The first-order chi connectivity index (χ1) is 8.08. The van der Waals surface area contributed by atoms with Gasteiger partial charge in [-0.1, -0.05) is 19.1 Å². The number of nitrogens with one attached hydrogen (secondary N) is 1.